The molecule has 168 valence electrons. The minimum absolute atomic E-state index is 0.00514. The van der Waals surface area contributed by atoms with Gasteiger partial charge in [0.2, 0.25) is 0 Å². The van der Waals surface area contributed by atoms with Crippen LogP contribution < -0.4 is 0 Å². The predicted octanol–water partition coefficient (Wildman–Crippen LogP) is 8.87. The monoisotopic (exact) mass is 404 g/mol. The molecule has 0 unspecified atom stereocenters. The highest BCUT2D eigenvalue weighted by Gasteiger charge is 2.02. The largest absolute Gasteiger partial charge is 0.466 e. The summed E-state index contributed by atoms with van der Waals surface area (Å²) in [6.07, 6.45) is 33.1. The normalized spacial score (nSPS) is 11.9. The molecular formula is C27H48O2. The third-order valence-electron chi connectivity index (χ3n) is 5.09. The summed E-state index contributed by atoms with van der Waals surface area (Å²) >= 11 is 0. The topological polar surface area (TPSA) is 26.3 Å². The molecule has 2 nitrogen and oxygen atoms in total. The van der Waals surface area contributed by atoms with E-state index in [1.165, 1.54) is 77.0 Å². The Hall–Kier alpha value is -1.31. The molecule has 0 heterocycles. The highest BCUT2D eigenvalue weighted by Crippen LogP contribution is 2.09. The molecule has 0 saturated carbocycles. The van der Waals surface area contributed by atoms with Gasteiger partial charge in [0.25, 0.3) is 0 Å². The molecule has 29 heavy (non-hydrogen) atoms. The Morgan fingerprint density at radius 2 is 1.10 bits per heavy atom. The fourth-order valence-electron chi connectivity index (χ4n) is 3.18. The first-order valence-electron chi connectivity index (χ1n) is 12.4. The van der Waals surface area contributed by atoms with Crippen LogP contribution >= 0.6 is 0 Å². The molecule has 0 rings (SSSR count). The molecule has 0 aromatic carbocycles. The number of esters is 1. The van der Waals surface area contributed by atoms with Crippen molar-refractivity contribution in [2.24, 2.45) is 0 Å². The van der Waals surface area contributed by atoms with Gasteiger partial charge in [-0.2, -0.15) is 0 Å². The quantitative estimate of drug-likeness (QED) is 0.108. The van der Waals surface area contributed by atoms with Crippen molar-refractivity contribution in [1.29, 1.82) is 0 Å². The van der Waals surface area contributed by atoms with Gasteiger partial charge in [0, 0.05) is 6.42 Å². The first kappa shape index (κ1) is 27.7. The Morgan fingerprint density at radius 3 is 1.76 bits per heavy atom. The predicted molar refractivity (Wildman–Crippen MR) is 128 cm³/mol. The third kappa shape index (κ3) is 24.7. The Balaban J connectivity index is 3.31. The second kappa shape index (κ2) is 24.7. The molecule has 0 radical (unpaired) electrons. The lowest BCUT2D eigenvalue weighted by Crippen LogP contribution is -2.05. The fraction of sp³-hybridized carbons (Fsp3) is 0.741. The van der Waals surface area contributed by atoms with E-state index >= 15 is 0 Å². The van der Waals surface area contributed by atoms with Crippen molar-refractivity contribution in [3.05, 3.63) is 36.5 Å². The molecule has 0 aliphatic heterocycles. The van der Waals surface area contributed by atoms with E-state index in [0.717, 1.165) is 25.7 Å². The Labute approximate surface area is 181 Å². The zero-order valence-electron chi connectivity index (χ0n) is 19.5. The second-order valence-electron chi connectivity index (χ2n) is 8.03. The maximum absolute atomic E-state index is 11.7. The molecule has 2 heteroatoms. The maximum atomic E-state index is 11.7. The van der Waals surface area contributed by atoms with Crippen LogP contribution in [0.15, 0.2) is 36.5 Å². The summed E-state index contributed by atoms with van der Waals surface area (Å²) in [5.41, 5.74) is 0. The molecular weight excluding hydrogens is 356 g/mol. The van der Waals surface area contributed by atoms with Gasteiger partial charge in [0.15, 0.2) is 0 Å². The van der Waals surface area contributed by atoms with Crippen LogP contribution in [-0.4, -0.2) is 12.6 Å². The van der Waals surface area contributed by atoms with Crippen molar-refractivity contribution in [1.82, 2.24) is 0 Å². The molecule has 0 aromatic rings. The average Bonchev–Trinajstić information content (AvgIpc) is 2.72. The molecule has 0 bridgehead atoms. The van der Waals surface area contributed by atoms with Crippen molar-refractivity contribution in [3.63, 3.8) is 0 Å². The molecule has 0 aliphatic rings. The van der Waals surface area contributed by atoms with Gasteiger partial charge >= 0.3 is 5.97 Å². The number of ether oxygens (including phenoxy) is 1. The summed E-state index contributed by atoms with van der Waals surface area (Å²) in [6, 6.07) is 0. The number of carbonyl (C=O) groups excluding carboxylic acids is 1. The summed E-state index contributed by atoms with van der Waals surface area (Å²) in [7, 11) is 0. The first-order valence-corrected chi connectivity index (χ1v) is 12.4. The van der Waals surface area contributed by atoms with E-state index in [-0.39, 0.29) is 5.97 Å². The molecule has 0 atom stereocenters. The number of carbonyl (C=O) groups is 1. The van der Waals surface area contributed by atoms with Crippen molar-refractivity contribution in [3.8, 4) is 0 Å². The minimum Gasteiger partial charge on any atom is -0.466 e. The lowest BCUT2D eigenvalue weighted by Gasteiger charge is -2.05. The van der Waals surface area contributed by atoms with E-state index in [0.29, 0.717) is 13.0 Å². The smallest absolute Gasteiger partial charge is 0.305 e. The summed E-state index contributed by atoms with van der Waals surface area (Å²) in [6.45, 7) is 5.08. The Kier molecular flexibility index (Phi) is 23.6. The van der Waals surface area contributed by atoms with Gasteiger partial charge in [-0.3, -0.25) is 4.79 Å². The van der Waals surface area contributed by atoms with Crippen molar-refractivity contribution >= 4 is 5.97 Å². The lowest BCUT2D eigenvalue weighted by atomic mass is 10.1. The summed E-state index contributed by atoms with van der Waals surface area (Å²) in [4.78, 5) is 11.7. The highest BCUT2D eigenvalue weighted by molar-refractivity contribution is 5.69. The molecule has 0 spiro atoms. The van der Waals surface area contributed by atoms with Gasteiger partial charge in [0.1, 0.15) is 0 Å². The highest BCUT2D eigenvalue weighted by atomic mass is 16.5. The Bertz CT molecular complexity index is 420. The van der Waals surface area contributed by atoms with Crippen LogP contribution in [0.2, 0.25) is 0 Å². The molecule has 0 aromatic heterocycles. The van der Waals surface area contributed by atoms with Crippen LogP contribution in [0, 0.1) is 0 Å². The minimum atomic E-state index is -0.00514. The lowest BCUT2D eigenvalue weighted by molar-refractivity contribution is -0.143. The number of hydrogen-bond donors (Lipinski definition) is 0. The number of hydrogen-bond acceptors (Lipinski definition) is 2. The van der Waals surface area contributed by atoms with E-state index in [9.17, 15) is 4.79 Å². The van der Waals surface area contributed by atoms with Crippen LogP contribution in [-0.2, 0) is 9.53 Å². The summed E-state index contributed by atoms with van der Waals surface area (Å²) in [5, 5.41) is 0. The van der Waals surface area contributed by atoms with Crippen molar-refractivity contribution in [2.45, 2.75) is 123 Å². The average molecular weight is 405 g/mol. The van der Waals surface area contributed by atoms with Crippen LogP contribution in [0.4, 0.5) is 0 Å². The number of rotatable bonds is 21. The molecule has 0 aliphatic carbocycles. The Morgan fingerprint density at radius 1 is 0.586 bits per heavy atom. The molecule has 0 fully saturated rings. The van der Waals surface area contributed by atoms with Gasteiger partial charge in [-0.05, 0) is 32.1 Å². The van der Waals surface area contributed by atoms with E-state index in [2.05, 4.69) is 50.3 Å². The zero-order chi connectivity index (χ0) is 21.3. The standard InChI is InChI=1S/C27H48O2/c1-3-5-7-9-11-12-13-14-15-16-17-18-19-21-23-25-27(28)29-26-24-22-20-10-8-6-4-2/h9,11-15H,3-8,10,16-26H2,1-2H3. The second-order valence-corrected chi connectivity index (χ2v) is 8.03. The van der Waals surface area contributed by atoms with E-state index in [1.54, 1.807) is 0 Å². The first-order chi connectivity index (χ1) is 14.3. The van der Waals surface area contributed by atoms with Gasteiger partial charge in [0.05, 0.1) is 6.61 Å². The molecule has 0 saturated heterocycles. The van der Waals surface area contributed by atoms with E-state index in [1.807, 2.05) is 0 Å². The van der Waals surface area contributed by atoms with Crippen molar-refractivity contribution < 1.29 is 9.53 Å². The van der Waals surface area contributed by atoms with Crippen molar-refractivity contribution in [2.75, 3.05) is 6.61 Å². The number of allylic oxidation sites excluding steroid dienone is 6. The fourth-order valence-corrected chi connectivity index (χ4v) is 3.18. The SMILES string of the molecule is CCCCC=CC=CC=CCCCCCCCC(=O)OCCCCCCCCC. The van der Waals surface area contributed by atoms with Gasteiger partial charge < -0.3 is 4.74 Å². The van der Waals surface area contributed by atoms with Crippen LogP contribution in [0.25, 0.3) is 0 Å². The third-order valence-corrected chi connectivity index (χ3v) is 5.09. The zero-order valence-corrected chi connectivity index (χ0v) is 19.5. The van der Waals surface area contributed by atoms with Crippen LogP contribution in [0.3, 0.4) is 0 Å². The van der Waals surface area contributed by atoms with Gasteiger partial charge in [-0.25, -0.2) is 0 Å². The summed E-state index contributed by atoms with van der Waals surface area (Å²) in [5.74, 6) is -0.00514. The van der Waals surface area contributed by atoms with Gasteiger partial charge in [-0.15, -0.1) is 0 Å². The number of unbranched alkanes of at least 4 members (excludes halogenated alkanes) is 13. The molecule has 0 N–H and O–H groups in total. The maximum Gasteiger partial charge on any atom is 0.305 e. The van der Waals surface area contributed by atoms with Crippen LogP contribution in [0.5, 0.6) is 0 Å². The summed E-state index contributed by atoms with van der Waals surface area (Å²) < 4.78 is 5.33. The van der Waals surface area contributed by atoms with Gasteiger partial charge in [-0.1, -0.05) is 121 Å². The molecule has 0 amide bonds. The van der Waals surface area contributed by atoms with E-state index in [4.69, 9.17) is 4.74 Å². The van der Waals surface area contributed by atoms with E-state index < -0.39 is 0 Å². The van der Waals surface area contributed by atoms with Crippen LogP contribution in [0.1, 0.15) is 123 Å².